The fraction of sp³-hybridized carbons (Fsp3) is 0.667. The predicted octanol–water partition coefficient (Wildman–Crippen LogP) is 1.97. The Morgan fingerprint density at radius 2 is 2.16 bits per heavy atom. The molecule has 0 saturated carbocycles. The largest absolute Gasteiger partial charge is 0.383 e. The quantitative estimate of drug-likeness (QED) is 0.851. The van der Waals surface area contributed by atoms with Gasteiger partial charge in [0.1, 0.15) is 5.82 Å². The Morgan fingerprint density at radius 3 is 2.84 bits per heavy atom. The SMILES string of the molecule is CC(CCN(C)Cc1cccnc1N)N1CCCC1. The minimum Gasteiger partial charge on any atom is -0.383 e. The Morgan fingerprint density at radius 1 is 1.42 bits per heavy atom. The predicted molar refractivity (Wildman–Crippen MR) is 79.9 cm³/mol. The van der Waals surface area contributed by atoms with Crippen molar-refractivity contribution < 1.29 is 0 Å². The van der Waals surface area contributed by atoms with Crippen molar-refractivity contribution in [3.8, 4) is 0 Å². The molecule has 1 saturated heterocycles. The van der Waals surface area contributed by atoms with Crippen LogP contribution in [0.3, 0.4) is 0 Å². The summed E-state index contributed by atoms with van der Waals surface area (Å²) in [5.74, 6) is 0.655. The monoisotopic (exact) mass is 262 g/mol. The molecule has 2 N–H and O–H groups in total. The van der Waals surface area contributed by atoms with Crippen LogP contribution in [0.5, 0.6) is 0 Å². The Labute approximate surface area is 116 Å². The second kappa shape index (κ2) is 6.87. The molecule has 1 unspecified atom stereocenters. The summed E-state index contributed by atoms with van der Waals surface area (Å²) in [6, 6.07) is 4.70. The third-order valence-electron chi connectivity index (χ3n) is 4.06. The highest BCUT2D eigenvalue weighted by Crippen LogP contribution is 2.15. The zero-order chi connectivity index (χ0) is 13.7. The number of pyridine rings is 1. The Kier molecular flexibility index (Phi) is 5.16. The second-order valence-corrected chi connectivity index (χ2v) is 5.67. The second-order valence-electron chi connectivity index (χ2n) is 5.67. The molecule has 106 valence electrons. The van der Waals surface area contributed by atoms with Gasteiger partial charge >= 0.3 is 0 Å². The summed E-state index contributed by atoms with van der Waals surface area (Å²) in [5.41, 5.74) is 7.00. The molecule has 0 bridgehead atoms. The fourth-order valence-electron chi connectivity index (χ4n) is 2.73. The maximum Gasteiger partial charge on any atom is 0.127 e. The first kappa shape index (κ1) is 14.3. The van der Waals surface area contributed by atoms with E-state index in [9.17, 15) is 0 Å². The van der Waals surface area contributed by atoms with Gasteiger partial charge in [0, 0.05) is 24.3 Å². The van der Waals surface area contributed by atoms with Gasteiger partial charge in [0.05, 0.1) is 0 Å². The molecule has 2 heterocycles. The molecule has 1 aliphatic heterocycles. The van der Waals surface area contributed by atoms with Gasteiger partial charge in [-0.05, 0) is 58.9 Å². The summed E-state index contributed by atoms with van der Waals surface area (Å²) < 4.78 is 0. The van der Waals surface area contributed by atoms with Crippen LogP contribution < -0.4 is 5.73 Å². The van der Waals surface area contributed by atoms with E-state index in [1.54, 1.807) is 6.20 Å². The van der Waals surface area contributed by atoms with E-state index in [4.69, 9.17) is 5.73 Å². The molecule has 0 radical (unpaired) electrons. The number of hydrogen-bond acceptors (Lipinski definition) is 4. The molecule has 1 aromatic rings. The van der Waals surface area contributed by atoms with Gasteiger partial charge in [0.2, 0.25) is 0 Å². The molecular weight excluding hydrogens is 236 g/mol. The van der Waals surface area contributed by atoms with E-state index >= 15 is 0 Å². The summed E-state index contributed by atoms with van der Waals surface area (Å²) >= 11 is 0. The van der Waals surface area contributed by atoms with Crippen molar-refractivity contribution in [3.63, 3.8) is 0 Å². The van der Waals surface area contributed by atoms with Crippen LogP contribution in [0.15, 0.2) is 18.3 Å². The smallest absolute Gasteiger partial charge is 0.127 e. The Hall–Kier alpha value is -1.13. The van der Waals surface area contributed by atoms with E-state index in [1.807, 2.05) is 6.07 Å². The number of rotatable bonds is 6. The highest BCUT2D eigenvalue weighted by atomic mass is 15.2. The fourth-order valence-corrected chi connectivity index (χ4v) is 2.73. The normalized spacial score (nSPS) is 18.1. The summed E-state index contributed by atoms with van der Waals surface area (Å²) in [6.45, 7) is 6.89. The van der Waals surface area contributed by atoms with Crippen LogP contribution >= 0.6 is 0 Å². The third-order valence-corrected chi connectivity index (χ3v) is 4.06. The van der Waals surface area contributed by atoms with Crippen molar-refractivity contribution in [2.75, 3.05) is 32.4 Å². The molecule has 0 aromatic carbocycles. The summed E-state index contributed by atoms with van der Waals surface area (Å²) in [5, 5.41) is 0. The van der Waals surface area contributed by atoms with Gasteiger partial charge in [0.15, 0.2) is 0 Å². The first-order chi connectivity index (χ1) is 9.16. The molecule has 4 nitrogen and oxygen atoms in total. The average molecular weight is 262 g/mol. The van der Waals surface area contributed by atoms with Crippen LogP contribution in [0.4, 0.5) is 5.82 Å². The maximum absolute atomic E-state index is 5.88. The molecule has 0 aliphatic carbocycles. The first-order valence-electron chi connectivity index (χ1n) is 7.29. The number of nitrogens with two attached hydrogens (primary N) is 1. The van der Waals surface area contributed by atoms with Crippen LogP contribution in [0.25, 0.3) is 0 Å². The van der Waals surface area contributed by atoms with Gasteiger partial charge in [-0.2, -0.15) is 0 Å². The number of anilines is 1. The van der Waals surface area contributed by atoms with Crippen LogP contribution in [0.1, 0.15) is 31.7 Å². The first-order valence-corrected chi connectivity index (χ1v) is 7.29. The average Bonchev–Trinajstić information content (AvgIpc) is 2.93. The Bertz CT molecular complexity index is 387. The van der Waals surface area contributed by atoms with Crippen molar-refractivity contribution in [2.24, 2.45) is 0 Å². The van der Waals surface area contributed by atoms with Crippen LogP contribution in [-0.4, -0.2) is 47.5 Å². The molecule has 1 atom stereocenters. The highest BCUT2D eigenvalue weighted by Gasteiger charge is 2.18. The van der Waals surface area contributed by atoms with Gasteiger partial charge < -0.3 is 15.5 Å². The van der Waals surface area contributed by atoms with E-state index < -0.39 is 0 Å². The lowest BCUT2D eigenvalue weighted by Crippen LogP contribution is -2.33. The van der Waals surface area contributed by atoms with Gasteiger partial charge in [0.25, 0.3) is 0 Å². The molecular formula is C15H26N4. The molecule has 1 aliphatic rings. The highest BCUT2D eigenvalue weighted by molar-refractivity contribution is 5.38. The lowest BCUT2D eigenvalue weighted by atomic mass is 10.2. The lowest BCUT2D eigenvalue weighted by Gasteiger charge is -2.26. The van der Waals surface area contributed by atoms with E-state index in [2.05, 4.69) is 34.8 Å². The van der Waals surface area contributed by atoms with Crippen molar-refractivity contribution >= 4 is 5.82 Å². The number of nitrogens with zero attached hydrogens (tertiary/aromatic N) is 3. The van der Waals surface area contributed by atoms with E-state index in [0.29, 0.717) is 11.9 Å². The standard InChI is InChI=1S/C15H26N4/c1-13(19-9-3-4-10-19)7-11-18(2)12-14-6-5-8-17-15(14)16/h5-6,8,13H,3-4,7,9-12H2,1-2H3,(H2,16,17). The van der Waals surface area contributed by atoms with Crippen molar-refractivity contribution in [1.29, 1.82) is 0 Å². The number of hydrogen-bond donors (Lipinski definition) is 1. The number of nitrogen functional groups attached to an aromatic ring is 1. The molecule has 1 aromatic heterocycles. The van der Waals surface area contributed by atoms with Crippen molar-refractivity contribution in [2.45, 2.75) is 38.8 Å². The number of likely N-dealkylation sites (tertiary alicyclic amines) is 1. The molecule has 1 fully saturated rings. The van der Waals surface area contributed by atoms with Gasteiger partial charge in [-0.15, -0.1) is 0 Å². The van der Waals surface area contributed by atoms with Crippen LogP contribution in [-0.2, 0) is 6.54 Å². The molecule has 19 heavy (non-hydrogen) atoms. The molecule has 2 rings (SSSR count). The van der Waals surface area contributed by atoms with Gasteiger partial charge in [-0.1, -0.05) is 6.07 Å². The van der Waals surface area contributed by atoms with Gasteiger partial charge in [-0.3, -0.25) is 0 Å². The van der Waals surface area contributed by atoms with E-state index in [-0.39, 0.29) is 0 Å². The maximum atomic E-state index is 5.88. The summed E-state index contributed by atoms with van der Waals surface area (Å²) in [4.78, 5) is 9.07. The van der Waals surface area contributed by atoms with E-state index in [1.165, 1.54) is 32.4 Å². The zero-order valence-electron chi connectivity index (χ0n) is 12.2. The minimum absolute atomic E-state index is 0.655. The van der Waals surface area contributed by atoms with E-state index in [0.717, 1.165) is 18.7 Å². The summed E-state index contributed by atoms with van der Waals surface area (Å²) in [7, 11) is 2.16. The summed E-state index contributed by atoms with van der Waals surface area (Å²) in [6.07, 6.45) is 5.70. The molecule has 0 amide bonds. The van der Waals surface area contributed by atoms with Crippen LogP contribution in [0, 0.1) is 0 Å². The van der Waals surface area contributed by atoms with Crippen molar-refractivity contribution in [1.82, 2.24) is 14.8 Å². The molecule has 4 heteroatoms. The number of aromatic nitrogens is 1. The van der Waals surface area contributed by atoms with Crippen molar-refractivity contribution in [3.05, 3.63) is 23.9 Å². The zero-order valence-corrected chi connectivity index (χ0v) is 12.2. The van der Waals surface area contributed by atoms with Crippen LogP contribution in [0.2, 0.25) is 0 Å². The molecule has 0 spiro atoms. The third kappa shape index (κ3) is 4.18. The lowest BCUT2D eigenvalue weighted by molar-refractivity contribution is 0.215. The van der Waals surface area contributed by atoms with Gasteiger partial charge in [-0.25, -0.2) is 4.98 Å². The minimum atomic E-state index is 0.655. The Balaban J connectivity index is 1.75. The topological polar surface area (TPSA) is 45.4 Å².